The van der Waals surface area contributed by atoms with Crippen LogP contribution in [0.4, 0.5) is 0 Å². The molecule has 3 aromatic rings. The average molecular weight is 539 g/mol. The number of aryl methyl sites for hydroxylation is 1. The van der Waals surface area contributed by atoms with Gasteiger partial charge in [-0.2, -0.15) is 18.6 Å². The van der Waals surface area contributed by atoms with Gasteiger partial charge in [-0.15, -0.1) is 17.7 Å². The van der Waals surface area contributed by atoms with Gasteiger partial charge in [-0.1, -0.05) is 30.3 Å². The minimum Gasteiger partial charge on any atom is -0.512 e. The van der Waals surface area contributed by atoms with E-state index in [0.29, 0.717) is 0 Å². The average Bonchev–Trinajstić information content (AvgIpc) is 2.56. The second kappa shape index (κ2) is 9.96. The molecule has 1 aromatic heterocycles. The molecule has 4 heteroatoms. The minimum absolute atomic E-state index is 0. The van der Waals surface area contributed by atoms with Crippen molar-refractivity contribution in [2.24, 2.45) is 0 Å². The molecule has 1 heterocycles. The standard InChI is InChI=1S/C18H16N.C5H8O2.Ir/c1-13-8-4-6-10-16(13)18-14(2)12-15-9-5-7-11-17(15)19(18)3;1-4(6)3-5(2)7;/h4-12H,1,3H2,2H3;3,6H,1-2H3;/q-1;;/b;4-3-;. The van der Waals surface area contributed by atoms with E-state index in [-0.39, 0.29) is 31.6 Å². The van der Waals surface area contributed by atoms with Crippen molar-refractivity contribution in [2.75, 3.05) is 0 Å². The third kappa shape index (κ3) is 5.71. The van der Waals surface area contributed by atoms with Crippen LogP contribution >= 0.6 is 0 Å². The van der Waals surface area contributed by atoms with E-state index in [9.17, 15) is 4.79 Å². The van der Waals surface area contributed by atoms with Crippen LogP contribution in [0, 0.1) is 20.9 Å². The molecule has 0 atom stereocenters. The summed E-state index contributed by atoms with van der Waals surface area (Å²) in [5.74, 6) is -0.0625. The number of benzene rings is 2. The maximum Gasteiger partial charge on any atom is 0.155 e. The first kappa shape index (κ1) is 22.5. The molecule has 0 unspecified atom stereocenters. The van der Waals surface area contributed by atoms with E-state index in [1.165, 1.54) is 30.9 Å². The second-order valence-electron chi connectivity index (χ2n) is 6.22. The summed E-state index contributed by atoms with van der Waals surface area (Å²) in [5.41, 5.74) is 5.64. The Kier molecular flexibility index (Phi) is 8.29. The number of pyridine rings is 1. The summed E-state index contributed by atoms with van der Waals surface area (Å²) in [6.07, 6.45) is 1.17. The third-order valence-electron chi connectivity index (χ3n) is 3.93. The molecule has 0 fully saturated rings. The van der Waals surface area contributed by atoms with Gasteiger partial charge in [0.2, 0.25) is 0 Å². The molecule has 0 saturated heterocycles. The smallest absolute Gasteiger partial charge is 0.155 e. The number of fused-ring (bicyclic) bond motifs is 1. The van der Waals surface area contributed by atoms with Gasteiger partial charge in [-0.05, 0) is 37.8 Å². The van der Waals surface area contributed by atoms with Gasteiger partial charge in [0.25, 0.3) is 0 Å². The number of carbonyl (C=O) groups excluding carboxylic acids is 1. The summed E-state index contributed by atoms with van der Waals surface area (Å²) in [4.78, 5) is 10.0. The summed E-state index contributed by atoms with van der Waals surface area (Å²) in [6, 6.07) is 18.7. The first-order chi connectivity index (χ1) is 12.3. The van der Waals surface area contributed by atoms with Crippen LogP contribution in [0.25, 0.3) is 22.2 Å². The number of hydrogen-bond acceptors (Lipinski definition) is 2. The summed E-state index contributed by atoms with van der Waals surface area (Å²) >= 11 is 0. The number of ketones is 1. The summed E-state index contributed by atoms with van der Waals surface area (Å²) in [7, 11) is 4.22. The van der Waals surface area contributed by atoms with E-state index in [1.807, 2.05) is 28.8 Å². The Morgan fingerprint density at radius 3 is 2.22 bits per heavy atom. The van der Waals surface area contributed by atoms with Crippen LogP contribution < -0.4 is 4.57 Å². The molecule has 0 saturated carbocycles. The quantitative estimate of drug-likeness (QED) is 0.217. The third-order valence-corrected chi connectivity index (χ3v) is 3.93. The number of aromatic nitrogens is 1. The van der Waals surface area contributed by atoms with Gasteiger partial charge in [0.15, 0.2) is 5.78 Å². The van der Waals surface area contributed by atoms with Crippen molar-refractivity contribution >= 4 is 16.7 Å². The number of aliphatic hydroxyl groups is 1. The van der Waals surface area contributed by atoms with Crippen LogP contribution in [0.1, 0.15) is 25.0 Å². The number of hydrogen-bond donors (Lipinski definition) is 1. The zero-order valence-corrected chi connectivity index (χ0v) is 18.2. The molecule has 0 spiro atoms. The predicted octanol–water partition coefficient (Wildman–Crippen LogP) is 4.96. The van der Waals surface area contributed by atoms with Crippen LogP contribution in [0.15, 0.2) is 66.4 Å². The Hall–Kier alpha value is -2.55. The Labute approximate surface area is 174 Å². The fourth-order valence-electron chi connectivity index (χ4n) is 2.89. The van der Waals surface area contributed by atoms with Gasteiger partial charge in [0.05, 0.1) is 11.5 Å². The van der Waals surface area contributed by atoms with E-state index in [4.69, 9.17) is 5.11 Å². The van der Waals surface area contributed by atoms with Gasteiger partial charge in [0, 0.05) is 33.2 Å². The fraction of sp³-hybridized carbons (Fsp3) is 0.130. The SMILES string of the molecule is CC(=O)/C=C(/C)O.[CH2-]c1ccccc1-c1c(C)cc2ccccc2[n+]1[CH2-].[Ir]. The molecule has 0 aliphatic carbocycles. The molecule has 0 aliphatic heterocycles. The van der Waals surface area contributed by atoms with Crippen LogP contribution in [-0.2, 0) is 24.9 Å². The van der Waals surface area contributed by atoms with Crippen molar-refractivity contribution in [1.82, 2.24) is 0 Å². The Morgan fingerprint density at radius 1 is 1.07 bits per heavy atom. The monoisotopic (exact) mass is 539 g/mol. The molecule has 27 heavy (non-hydrogen) atoms. The molecule has 3 nitrogen and oxygen atoms in total. The van der Waals surface area contributed by atoms with Crippen LogP contribution in [0.5, 0.6) is 0 Å². The van der Waals surface area contributed by atoms with E-state index in [0.717, 1.165) is 22.3 Å². The maximum atomic E-state index is 10.0. The first-order valence-corrected chi connectivity index (χ1v) is 8.35. The molecule has 1 radical (unpaired) electrons. The zero-order valence-electron chi connectivity index (χ0n) is 15.8. The van der Waals surface area contributed by atoms with Crippen LogP contribution in [0.3, 0.4) is 0 Å². The van der Waals surface area contributed by atoms with Crippen molar-refractivity contribution in [2.45, 2.75) is 20.8 Å². The summed E-state index contributed by atoms with van der Waals surface area (Å²) in [5, 5.41) is 9.57. The van der Waals surface area contributed by atoms with Gasteiger partial charge < -0.3 is 9.67 Å². The first-order valence-electron chi connectivity index (χ1n) is 8.35. The molecule has 0 aliphatic rings. The number of allylic oxidation sites excluding steroid dienone is 2. The van der Waals surface area contributed by atoms with Crippen molar-refractivity contribution < 1.29 is 34.6 Å². The van der Waals surface area contributed by atoms with E-state index in [2.05, 4.69) is 51.2 Å². The van der Waals surface area contributed by atoms with E-state index in [1.54, 1.807) is 0 Å². The molecule has 1 N–H and O–H groups in total. The maximum absolute atomic E-state index is 10.0. The van der Waals surface area contributed by atoms with Crippen LogP contribution in [0.2, 0.25) is 0 Å². The number of aliphatic hydroxyl groups excluding tert-OH is 1. The minimum atomic E-state index is -0.125. The van der Waals surface area contributed by atoms with Gasteiger partial charge in [-0.25, -0.2) is 0 Å². The Morgan fingerprint density at radius 2 is 1.67 bits per heavy atom. The number of nitrogens with zero attached hydrogens (tertiary/aromatic N) is 1. The van der Waals surface area contributed by atoms with Crippen molar-refractivity contribution in [3.8, 4) is 11.3 Å². The predicted molar refractivity (Wildman–Crippen MR) is 107 cm³/mol. The molecule has 0 amide bonds. The van der Waals surface area contributed by atoms with Crippen LogP contribution in [-0.4, -0.2) is 10.9 Å². The summed E-state index contributed by atoms with van der Waals surface area (Å²) in [6.45, 7) is 9.09. The topological polar surface area (TPSA) is 41.2 Å². The van der Waals surface area contributed by atoms with Crippen molar-refractivity contribution in [3.05, 3.63) is 91.5 Å². The molecular formula is C23H24IrNO2-. The largest absolute Gasteiger partial charge is 0.512 e. The zero-order chi connectivity index (χ0) is 19.3. The van der Waals surface area contributed by atoms with E-state index >= 15 is 0 Å². The summed E-state index contributed by atoms with van der Waals surface area (Å²) < 4.78 is 2.01. The molecular weight excluding hydrogens is 514 g/mol. The molecule has 0 bridgehead atoms. The number of rotatable bonds is 2. The van der Waals surface area contributed by atoms with Gasteiger partial charge >= 0.3 is 0 Å². The molecule has 2 aromatic carbocycles. The van der Waals surface area contributed by atoms with Crippen molar-refractivity contribution in [3.63, 3.8) is 0 Å². The van der Waals surface area contributed by atoms with E-state index < -0.39 is 0 Å². The number of carbonyl (C=O) groups is 1. The van der Waals surface area contributed by atoms with Crippen molar-refractivity contribution in [1.29, 1.82) is 0 Å². The Bertz CT molecular complexity index is 973. The second-order valence-corrected chi connectivity index (χ2v) is 6.22. The number of para-hydroxylation sites is 1. The molecule has 3 rings (SSSR count). The normalized spacial score (nSPS) is 10.6. The van der Waals surface area contributed by atoms with Gasteiger partial charge in [-0.3, -0.25) is 4.79 Å². The molecule has 143 valence electrons. The fourth-order valence-corrected chi connectivity index (χ4v) is 2.89. The van der Waals surface area contributed by atoms with Gasteiger partial charge in [0.1, 0.15) is 5.52 Å². The Balaban J connectivity index is 0.000000395.